The molecule has 4 nitrogen and oxygen atoms in total. The molecule has 0 fully saturated rings. The van der Waals surface area contributed by atoms with Crippen LogP contribution in [0.5, 0.6) is 0 Å². The van der Waals surface area contributed by atoms with Gasteiger partial charge in [-0.25, -0.2) is 15.0 Å². The van der Waals surface area contributed by atoms with Crippen LogP contribution < -0.4 is 0 Å². The summed E-state index contributed by atoms with van der Waals surface area (Å²) in [6, 6.07) is 56.8. The minimum absolute atomic E-state index is 0.600. The van der Waals surface area contributed by atoms with Crippen LogP contribution in [-0.2, 0) is 0 Å². The maximum Gasteiger partial charge on any atom is 0.164 e. The molecular weight excluding hydrogens is 631 g/mol. The van der Waals surface area contributed by atoms with Gasteiger partial charge >= 0.3 is 0 Å². The number of rotatable bonds is 5. The van der Waals surface area contributed by atoms with Crippen LogP contribution in [0.2, 0.25) is 0 Å². The number of para-hydroxylation sites is 1. The number of nitrogens with zero attached hydrogens (tertiary/aromatic N) is 3. The van der Waals surface area contributed by atoms with Gasteiger partial charge in [0.25, 0.3) is 0 Å². The second-order valence-electron chi connectivity index (χ2n) is 12.4. The molecule has 0 aliphatic heterocycles. The molecule has 0 atom stereocenters. The lowest BCUT2D eigenvalue weighted by Gasteiger charge is -2.12. The van der Waals surface area contributed by atoms with Gasteiger partial charge < -0.3 is 4.42 Å². The Balaban J connectivity index is 1.26. The summed E-state index contributed by atoms with van der Waals surface area (Å²) in [5.74, 6) is 1.85. The quantitative estimate of drug-likeness (QED) is 0.185. The molecule has 0 unspecified atom stereocenters. The number of thiophene rings is 1. The smallest absolute Gasteiger partial charge is 0.164 e. The Kier molecular flexibility index (Phi) is 6.64. The van der Waals surface area contributed by atoms with E-state index >= 15 is 0 Å². The molecule has 3 heterocycles. The van der Waals surface area contributed by atoms with Crippen molar-refractivity contribution in [1.82, 2.24) is 15.0 Å². The highest BCUT2D eigenvalue weighted by molar-refractivity contribution is 7.25. The minimum Gasteiger partial charge on any atom is -0.456 e. The van der Waals surface area contributed by atoms with E-state index in [9.17, 15) is 0 Å². The predicted octanol–water partition coefficient (Wildman–Crippen LogP) is 12.5. The van der Waals surface area contributed by atoms with Gasteiger partial charge in [-0.2, -0.15) is 0 Å². The van der Waals surface area contributed by atoms with Crippen molar-refractivity contribution in [3.8, 4) is 56.4 Å². The molecule has 0 saturated carbocycles. The van der Waals surface area contributed by atoms with Crippen LogP contribution in [0.3, 0.4) is 0 Å². The fourth-order valence-corrected chi connectivity index (χ4v) is 8.11. The van der Waals surface area contributed by atoms with E-state index in [-0.39, 0.29) is 0 Å². The van der Waals surface area contributed by atoms with Crippen molar-refractivity contribution >= 4 is 53.4 Å². The molecule has 0 radical (unpaired) electrons. The fraction of sp³-hybridized carbons (Fsp3) is 0. The monoisotopic (exact) mass is 657 g/mol. The molecule has 50 heavy (non-hydrogen) atoms. The Labute approximate surface area is 292 Å². The van der Waals surface area contributed by atoms with Crippen molar-refractivity contribution in [2.45, 2.75) is 0 Å². The molecule has 0 aliphatic carbocycles. The van der Waals surface area contributed by atoms with Crippen LogP contribution in [0.4, 0.5) is 0 Å². The molecule has 0 bridgehead atoms. The molecule has 7 aromatic carbocycles. The standard InChI is InChI=1S/C45H27N3OS/c1-3-12-28(13-4-1)30-22-24-31(25-23-30)43-46-44(35-18-11-21-40-42(35)34-17-8-10-20-39(34)50-40)48-45(47-43)36-26-32(29-14-5-2-6-15-29)27-38-41(36)33-16-7-9-19-37(33)49-38/h1-27H. The highest BCUT2D eigenvalue weighted by Crippen LogP contribution is 2.42. The van der Waals surface area contributed by atoms with Crippen molar-refractivity contribution in [1.29, 1.82) is 0 Å². The average Bonchev–Trinajstić information content (AvgIpc) is 3.77. The second-order valence-corrected chi connectivity index (χ2v) is 13.5. The molecule has 0 amide bonds. The Morgan fingerprint density at radius 1 is 0.360 bits per heavy atom. The molecule has 0 aliphatic rings. The summed E-state index contributed by atoms with van der Waals surface area (Å²) in [6.07, 6.45) is 0. The third-order valence-corrected chi connectivity index (χ3v) is 10.5. The zero-order valence-electron chi connectivity index (χ0n) is 26.7. The average molecular weight is 658 g/mol. The number of fused-ring (bicyclic) bond motifs is 6. The van der Waals surface area contributed by atoms with Crippen LogP contribution in [0.15, 0.2) is 168 Å². The van der Waals surface area contributed by atoms with E-state index < -0.39 is 0 Å². The second kappa shape index (κ2) is 11.6. The lowest BCUT2D eigenvalue weighted by Crippen LogP contribution is -2.01. The predicted molar refractivity (Wildman–Crippen MR) is 207 cm³/mol. The van der Waals surface area contributed by atoms with Gasteiger partial charge in [-0.3, -0.25) is 0 Å². The van der Waals surface area contributed by atoms with Gasteiger partial charge in [0.1, 0.15) is 11.2 Å². The number of benzene rings is 7. The molecule has 0 N–H and O–H groups in total. The van der Waals surface area contributed by atoms with Crippen LogP contribution in [-0.4, -0.2) is 15.0 Å². The Morgan fingerprint density at radius 3 is 1.72 bits per heavy atom. The van der Waals surface area contributed by atoms with Crippen LogP contribution in [0.25, 0.3) is 98.5 Å². The Morgan fingerprint density at radius 2 is 0.940 bits per heavy atom. The van der Waals surface area contributed by atoms with Crippen molar-refractivity contribution in [2.75, 3.05) is 0 Å². The summed E-state index contributed by atoms with van der Waals surface area (Å²) in [4.78, 5) is 15.8. The van der Waals surface area contributed by atoms with E-state index in [1.54, 1.807) is 11.3 Å². The number of hydrogen-bond donors (Lipinski definition) is 0. The zero-order valence-corrected chi connectivity index (χ0v) is 27.6. The zero-order chi connectivity index (χ0) is 33.0. The summed E-state index contributed by atoms with van der Waals surface area (Å²) in [5, 5.41) is 4.38. The first kappa shape index (κ1) is 28.6. The molecular formula is C45H27N3OS. The summed E-state index contributed by atoms with van der Waals surface area (Å²) < 4.78 is 8.93. The van der Waals surface area contributed by atoms with Crippen LogP contribution in [0, 0.1) is 0 Å². The summed E-state index contributed by atoms with van der Waals surface area (Å²) in [5.41, 5.74) is 8.87. The normalized spacial score (nSPS) is 11.6. The van der Waals surface area contributed by atoms with Crippen molar-refractivity contribution < 1.29 is 4.42 Å². The Bertz CT molecular complexity index is 2860. The van der Waals surface area contributed by atoms with Gasteiger partial charge in [0, 0.05) is 47.6 Å². The Hall–Kier alpha value is -6.43. The van der Waals surface area contributed by atoms with Crippen LogP contribution >= 0.6 is 11.3 Å². The van der Waals surface area contributed by atoms with Crippen molar-refractivity contribution in [3.05, 3.63) is 164 Å². The van der Waals surface area contributed by atoms with Crippen molar-refractivity contribution in [3.63, 3.8) is 0 Å². The molecule has 5 heteroatoms. The van der Waals surface area contributed by atoms with Gasteiger partial charge in [-0.15, -0.1) is 11.3 Å². The molecule has 234 valence electrons. The molecule has 3 aromatic heterocycles. The first-order chi connectivity index (χ1) is 24.8. The van der Waals surface area contributed by atoms with Gasteiger partial charge in [-0.1, -0.05) is 133 Å². The maximum absolute atomic E-state index is 6.49. The molecule has 0 spiro atoms. The summed E-state index contributed by atoms with van der Waals surface area (Å²) >= 11 is 1.79. The third kappa shape index (κ3) is 4.79. The largest absolute Gasteiger partial charge is 0.456 e. The van der Waals surface area contributed by atoms with Crippen molar-refractivity contribution in [2.24, 2.45) is 0 Å². The van der Waals surface area contributed by atoms with Gasteiger partial charge in [0.05, 0.1) is 0 Å². The highest BCUT2D eigenvalue weighted by atomic mass is 32.1. The maximum atomic E-state index is 6.49. The van der Waals surface area contributed by atoms with E-state index in [0.717, 1.165) is 60.7 Å². The number of furan rings is 1. The van der Waals surface area contributed by atoms with E-state index in [1.807, 2.05) is 30.3 Å². The van der Waals surface area contributed by atoms with Gasteiger partial charge in [0.2, 0.25) is 0 Å². The SMILES string of the molecule is c1ccc(-c2ccc(-c3nc(-c4cc(-c5ccccc5)cc5oc6ccccc6c45)nc(-c4cccc5sc6ccccc6c45)n3)cc2)cc1. The molecule has 10 aromatic rings. The molecule has 0 saturated heterocycles. The van der Waals surface area contributed by atoms with Gasteiger partial charge in [0.15, 0.2) is 17.5 Å². The highest BCUT2D eigenvalue weighted by Gasteiger charge is 2.21. The minimum atomic E-state index is 0.600. The topological polar surface area (TPSA) is 51.8 Å². The fourth-order valence-electron chi connectivity index (χ4n) is 6.98. The number of hydrogen-bond acceptors (Lipinski definition) is 5. The summed E-state index contributed by atoms with van der Waals surface area (Å²) in [6.45, 7) is 0. The third-order valence-electron chi connectivity index (χ3n) is 9.36. The van der Waals surface area contributed by atoms with E-state index in [1.165, 1.54) is 20.3 Å². The van der Waals surface area contributed by atoms with E-state index in [4.69, 9.17) is 19.4 Å². The lowest BCUT2D eigenvalue weighted by molar-refractivity contribution is 0.669. The molecule has 10 rings (SSSR count). The first-order valence-electron chi connectivity index (χ1n) is 16.6. The van der Waals surface area contributed by atoms with E-state index in [2.05, 4.69) is 133 Å². The summed E-state index contributed by atoms with van der Waals surface area (Å²) in [7, 11) is 0. The number of aromatic nitrogens is 3. The van der Waals surface area contributed by atoms with Crippen LogP contribution in [0.1, 0.15) is 0 Å². The lowest BCUT2D eigenvalue weighted by atomic mass is 9.98. The first-order valence-corrected chi connectivity index (χ1v) is 17.4. The van der Waals surface area contributed by atoms with Gasteiger partial charge in [-0.05, 0) is 52.6 Å². The van der Waals surface area contributed by atoms with E-state index in [0.29, 0.717) is 17.5 Å².